The van der Waals surface area contributed by atoms with Gasteiger partial charge >= 0.3 is 12.0 Å². The van der Waals surface area contributed by atoms with Gasteiger partial charge in [0, 0.05) is 6.07 Å². The predicted molar refractivity (Wildman–Crippen MR) is 60.2 cm³/mol. The van der Waals surface area contributed by atoms with Crippen LogP contribution in [-0.4, -0.2) is 23.1 Å². The Morgan fingerprint density at radius 3 is 2.56 bits per heavy atom. The molecule has 0 bridgehead atoms. The molecule has 0 fully saturated rings. The van der Waals surface area contributed by atoms with Crippen molar-refractivity contribution in [3.8, 4) is 0 Å². The minimum absolute atomic E-state index is 0.189. The number of carboxylic acid groups (broad SMARTS) is 1. The molecule has 1 rings (SSSR count). The van der Waals surface area contributed by atoms with Gasteiger partial charge in [-0.2, -0.15) is 0 Å². The molecule has 18 heavy (non-hydrogen) atoms. The van der Waals surface area contributed by atoms with Crippen molar-refractivity contribution in [3.63, 3.8) is 0 Å². The second-order valence-electron chi connectivity index (χ2n) is 3.52. The summed E-state index contributed by atoms with van der Waals surface area (Å²) in [4.78, 5) is 22.0. The number of halogens is 2. The van der Waals surface area contributed by atoms with Crippen LogP contribution in [0.3, 0.4) is 0 Å². The standard InChI is InChI=1S/C11H12F2N2O3/c1-2-8(10(16)17)14-11(18)15-9-4-3-6(12)5-7(9)13/h3-5,8H,2H2,1H3,(H,16,17)(H2,14,15,18). The molecule has 7 heteroatoms. The van der Waals surface area contributed by atoms with Crippen LogP contribution in [0.5, 0.6) is 0 Å². The Morgan fingerprint density at radius 2 is 2.06 bits per heavy atom. The smallest absolute Gasteiger partial charge is 0.326 e. The Labute approximate surface area is 102 Å². The third kappa shape index (κ3) is 3.69. The van der Waals surface area contributed by atoms with E-state index in [1.165, 1.54) is 0 Å². The van der Waals surface area contributed by atoms with E-state index in [1.807, 2.05) is 0 Å². The third-order valence-electron chi connectivity index (χ3n) is 2.19. The number of carboxylic acids is 1. The number of amides is 2. The third-order valence-corrected chi connectivity index (χ3v) is 2.19. The van der Waals surface area contributed by atoms with Crippen molar-refractivity contribution < 1.29 is 23.5 Å². The zero-order chi connectivity index (χ0) is 13.7. The molecule has 3 N–H and O–H groups in total. The summed E-state index contributed by atoms with van der Waals surface area (Å²) in [7, 11) is 0. The van der Waals surface area contributed by atoms with E-state index in [9.17, 15) is 18.4 Å². The second-order valence-corrected chi connectivity index (χ2v) is 3.52. The largest absolute Gasteiger partial charge is 0.480 e. The molecule has 5 nitrogen and oxygen atoms in total. The van der Waals surface area contributed by atoms with Crippen LogP contribution in [-0.2, 0) is 4.79 Å². The summed E-state index contributed by atoms with van der Waals surface area (Å²) in [6, 6.07) is 0.715. The molecule has 2 amide bonds. The number of nitrogens with one attached hydrogen (secondary N) is 2. The molecule has 1 atom stereocenters. The second kappa shape index (κ2) is 5.95. The molecule has 1 unspecified atom stereocenters. The maximum atomic E-state index is 13.2. The summed E-state index contributed by atoms with van der Waals surface area (Å²) in [6.45, 7) is 1.58. The van der Waals surface area contributed by atoms with E-state index in [0.29, 0.717) is 6.07 Å². The molecule has 0 aromatic heterocycles. The van der Waals surface area contributed by atoms with Gasteiger partial charge in [0.25, 0.3) is 0 Å². The van der Waals surface area contributed by atoms with Crippen molar-refractivity contribution in [3.05, 3.63) is 29.8 Å². The van der Waals surface area contributed by atoms with Crippen molar-refractivity contribution in [1.29, 1.82) is 0 Å². The Balaban J connectivity index is 2.67. The maximum absolute atomic E-state index is 13.2. The van der Waals surface area contributed by atoms with Gasteiger partial charge in [-0.3, -0.25) is 0 Å². The van der Waals surface area contributed by atoms with E-state index in [0.717, 1.165) is 12.1 Å². The first-order valence-corrected chi connectivity index (χ1v) is 5.19. The van der Waals surface area contributed by atoms with E-state index in [-0.39, 0.29) is 12.1 Å². The average molecular weight is 258 g/mol. The van der Waals surface area contributed by atoms with E-state index >= 15 is 0 Å². The van der Waals surface area contributed by atoms with Crippen LogP contribution in [0.4, 0.5) is 19.3 Å². The van der Waals surface area contributed by atoms with Gasteiger partial charge < -0.3 is 15.7 Å². The number of hydrogen-bond donors (Lipinski definition) is 3. The lowest BCUT2D eigenvalue weighted by atomic mass is 10.2. The molecule has 0 saturated heterocycles. The summed E-state index contributed by atoms with van der Waals surface area (Å²) in [6.07, 6.45) is 0.189. The number of carbonyl (C=O) groups excluding carboxylic acids is 1. The lowest BCUT2D eigenvalue weighted by Gasteiger charge is -2.13. The van der Waals surface area contributed by atoms with Crippen molar-refractivity contribution in [2.45, 2.75) is 19.4 Å². The quantitative estimate of drug-likeness (QED) is 0.772. The Kier molecular flexibility index (Phi) is 4.59. The zero-order valence-corrected chi connectivity index (χ0v) is 9.54. The normalized spacial score (nSPS) is 11.7. The van der Waals surface area contributed by atoms with Gasteiger partial charge in [-0.15, -0.1) is 0 Å². The topological polar surface area (TPSA) is 78.4 Å². The van der Waals surface area contributed by atoms with Gasteiger partial charge in [-0.05, 0) is 18.6 Å². The first-order valence-electron chi connectivity index (χ1n) is 5.19. The fraction of sp³-hybridized carbons (Fsp3) is 0.273. The highest BCUT2D eigenvalue weighted by Gasteiger charge is 2.18. The highest BCUT2D eigenvalue weighted by atomic mass is 19.1. The van der Waals surface area contributed by atoms with E-state index in [2.05, 4.69) is 10.6 Å². The summed E-state index contributed by atoms with van der Waals surface area (Å²) in [5, 5.41) is 13.0. The van der Waals surface area contributed by atoms with E-state index in [1.54, 1.807) is 6.92 Å². The first kappa shape index (κ1) is 13.9. The van der Waals surface area contributed by atoms with Crippen LogP contribution in [0, 0.1) is 11.6 Å². The Morgan fingerprint density at radius 1 is 1.39 bits per heavy atom. The van der Waals surface area contributed by atoms with E-state index in [4.69, 9.17) is 5.11 Å². The van der Waals surface area contributed by atoms with Crippen molar-refractivity contribution in [2.24, 2.45) is 0 Å². The molecule has 0 radical (unpaired) electrons. The van der Waals surface area contributed by atoms with Gasteiger partial charge in [0.15, 0.2) is 0 Å². The van der Waals surface area contributed by atoms with Crippen LogP contribution >= 0.6 is 0 Å². The van der Waals surface area contributed by atoms with Crippen LogP contribution in [0.15, 0.2) is 18.2 Å². The fourth-order valence-electron chi connectivity index (χ4n) is 1.25. The minimum Gasteiger partial charge on any atom is -0.480 e. The average Bonchev–Trinajstić information content (AvgIpc) is 2.29. The van der Waals surface area contributed by atoms with Crippen LogP contribution in [0.1, 0.15) is 13.3 Å². The molecule has 0 saturated carbocycles. The predicted octanol–water partition coefficient (Wildman–Crippen LogP) is 1.95. The first-order chi connectivity index (χ1) is 8.43. The zero-order valence-electron chi connectivity index (χ0n) is 9.54. The number of urea groups is 1. The number of rotatable bonds is 4. The van der Waals surface area contributed by atoms with Crippen LogP contribution < -0.4 is 10.6 Å². The molecular formula is C11H12F2N2O3. The molecule has 98 valence electrons. The van der Waals surface area contributed by atoms with Gasteiger partial charge in [0.1, 0.15) is 17.7 Å². The molecule has 0 aliphatic carbocycles. The highest BCUT2D eigenvalue weighted by Crippen LogP contribution is 2.14. The lowest BCUT2D eigenvalue weighted by Crippen LogP contribution is -2.42. The number of anilines is 1. The number of carbonyl (C=O) groups is 2. The van der Waals surface area contributed by atoms with Crippen molar-refractivity contribution in [1.82, 2.24) is 5.32 Å². The molecule has 0 heterocycles. The van der Waals surface area contributed by atoms with Gasteiger partial charge in [0.05, 0.1) is 5.69 Å². The Hall–Kier alpha value is -2.18. The number of aliphatic carboxylic acids is 1. The van der Waals surface area contributed by atoms with Gasteiger partial charge in [0.2, 0.25) is 0 Å². The minimum atomic E-state index is -1.19. The Bertz CT molecular complexity index is 466. The van der Waals surface area contributed by atoms with E-state index < -0.39 is 29.7 Å². The lowest BCUT2D eigenvalue weighted by molar-refractivity contribution is -0.139. The monoisotopic (exact) mass is 258 g/mol. The summed E-state index contributed by atoms with van der Waals surface area (Å²) in [5.41, 5.74) is -0.228. The molecule has 0 aliphatic rings. The van der Waals surface area contributed by atoms with Crippen molar-refractivity contribution in [2.75, 3.05) is 5.32 Å². The number of benzene rings is 1. The SMILES string of the molecule is CCC(NC(=O)Nc1ccc(F)cc1F)C(=O)O. The fourth-order valence-corrected chi connectivity index (χ4v) is 1.25. The molecule has 1 aromatic rings. The van der Waals surface area contributed by atoms with Crippen LogP contribution in [0.25, 0.3) is 0 Å². The maximum Gasteiger partial charge on any atom is 0.326 e. The summed E-state index contributed by atoms with van der Waals surface area (Å²) in [5.74, 6) is -2.89. The molecular weight excluding hydrogens is 246 g/mol. The molecule has 1 aromatic carbocycles. The van der Waals surface area contributed by atoms with Gasteiger partial charge in [-0.1, -0.05) is 6.92 Å². The van der Waals surface area contributed by atoms with Crippen LogP contribution in [0.2, 0.25) is 0 Å². The number of hydrogen-bond acceptors (Lipinski definition) is 2. The molecule has 0 spiro atoms. The molecule has 0 aliphatic heterocycles. The summed E-state index contributed by atoms with van der Waals surface area (Å²) < 4.78 is 25.8. The summed E-state index contributed by atoms with van der Waals surface area (Å²) >= 11 is 0. The van der Waals surface area contributed by atoms with Crippen molar-refractivity contribution >= 4 is 17.7 Å². The highest BCUT2D eigenvalue weighted by molar-refractivity contribution is 5.92. The van der Waals surface area contributed by atoms with Gasteiger partial charge in [-0.25, -0.2) is 18.4 Å².